The van der Waals surface area contributed by atoms with E-state index in [9.17, 15) is 31.2 Å². The highest BCUT2D eigenvalue weighted by Gasteiger charge is 2.37. The van der Waals surface area contributed by atoms with Crippen molar-refractivity contribution in [2.24, 2.45) is 0 Å². The molecule has 1 fully saturated rings. The summed E-state index contributed by atoms with van der Waals surface area (Å²) in [6, 6.07) is 7.90. The standard InChI is InChI=1S/C28H28F4N8O4S/c1-38(2)25(41)19-12-17-14-35-27(36-18-5-6-22(20(29)13-18)39-10-8-33-9-11-39)37-24(17)40(26(19)42)15-21-23(4-3-7-34-21)45(43,44)16-28(30,31)32/h3-7,12-14,33H,8-11,15-16H2,1-2H3,(H,35,36,37). The van der Waals surface area contributed by atoms with Gasteiger partial charge in [-0.1, -0.05) is 0 Å². The highest BCUT2D eigenvalue weighted by atomic mass is 32.2. The third-order valence-electron chi connectivity index (χ3n) is 6.97. The molecule has 3 aromatic heterocycles. The van der Waals surface area contributed by atoms with E-state index in [4.69, 9.17) is 0 Å². The minimum Gasteiger partial charge on any atom is -0.367 e. The van der Waals surface area contributed by atoms with Crippen molar-refractivity contribution in [3.8, 4) is 0 Å². The molecule has 45 heavy (non-hydrogen) atoms. The number of sulfone groups is 1. The first kappa shape index (κ1) is 31.8. The van der Waals surface area contributed by atoms with Crippen LogP contribution in [0.25, 0.3) is 11.0 Å². The number of rotatable bonds is 8. The SMILES string of the molecule is CN(C)C(=O)c1cc2cnc(Nc3ccc(N4CCNCC4)c(F)c3)nc2n(Cc2ncccc2S(=O)(=O)CC(F)(F)F)c1=O. The van der Waals surface area contributed by atoms with Crippen LogP contribution in [0.4, 0.5) is 34.9 Å². The van der Waals surface area contributed by atoms with E-state index in [1.54, 1.807) is 12.1 Å². The molecule has 12 nitrogen and oxygen atoms in total. The van der Waals surface area contributed by atoms with Crippen molar-refractivity contribution < 1.29 is 30.8 Å². The fourth-order valence-corrected chi connectivity index (χ4v) is 6.25. The summed E-state index contributed by atoms with van der Waals surface area (Å²) in [5.41, 5.74) is -0.904. The van der Waals surface area contributed by atoms with Gasteiger partial charge in [-0.25, -0.2) is 17.8 Å². The van der Waals surface area contributed by atoms with Gasteiger partial charge >= 0.3 is 6.18 Å². The molecule has 0 bridgehead atoms. The number of piperazine rings is 1. The van der Waals surface area contributed by atoms with Crippen LogP contribution in [0.15, 0.2) is 58.5 Å². The molecule has 17 heteroatoms. The van der Waals surface area contributed by atoms with Crippen molar-refractivity contribution >= 4 is 44.1 Å². The Kier molecular flexibility index (Phi) is 8.75. The minimum absolute atomic E-state index is 0.0670. The summed E-state index contributed by atoms with van der Waals surface area (Å²) in [7, 11) is -2.06. The fourth-order valence-electron chi connectivity index (χ4n) is 4.90. The Balaban J connectivity index is 1.58. The summed E-state index contributed by atoms with van der Waals surface area (Å²) < 4.78 is 80.7. The normalized spacial score (nSPS) is 14.0. The van der Waals surface area contributed by atoms with Gasteiger partial charge in [0.1, 0.15) is 17.0 Å². The Morgan fingerprint density at radius 3 is 2.51 bits per heavy atom. The number of amides is 1. The van der Waals surface area contributed by atoms with Crippen LogP contribution < -0.4 is 21.1 Å². The van der Waals surface area contributed by atoms with Crippen molar-refractivity contribution in [1.82, 2.24) is 29.7 Å². The number of aromatic nitrogens is 4. The van der Waals surface area contributed by atoms with Crippen molar-refractivity contribution in [2.75, 3.05) is 56.2 Å². The first-order valence-electron chi connectivity index (χ1n) is 13.6. The number of hydrogen-bond acceptors (Lipinski definition) is 10. The van der Waals surface area contributed by atoms with Gasteiger partial charge in [-0.15, -0.1) is 0 Å². The molecule has 238 valence electrons. The minimum atomic E-state index is -5.02. The van der Waals surface area contributed by atoms with Gasteiger partial charge in [-0.2, -0.15) is 18.2 Å². The first-order chi connectivity index (χ1) is 21.2. The van der Waals surface area contributed by atoms with Gasteiger partial charge in [0.25, 0.3) is 11.5 Å². The van der Waals surface area contributed by atoms with Crippen molar-refractivity contribution in [3.63, 3.8) is 0 Å². The zero-order valence-corrected chi connectivity index (χ0v) is 24.9. The maximum Gasteiger partial charge on any atom is 0.403 e. The molecule has 1 amide bonds. The molecular weight excluding hydrogens is 620 g/mol. The van der Waals surface area contributed by atoms with E-state index in [0.717, 1.165) is 34.7 Å². The monoisotopic (exact) mass is 648 g/mol. The number of anilines is 3. The van der Waals surface area contributed by atoms with Gasteiger partial charge in [-0.05, 0) is 36.4 Å². The lowest BCUT2D eigenvalue weighted by Gasteiger charge is -2.29. The van der Waals surface area contributed by atoms with Crippen molar-refractivity contribution in [3.05, 3.63) is 76.2 Å². The summed E-state index contributed by atoms with van der Waals surface area (Å²) in [6.07, 6.45) is -2.55. The number of nitrogens with one attached hydrogen (secondary N) is 2. The van der Waals surface area contributed by atoms with Crippen LogP contribution in [0.2, 0.25) is 0 Å². The molecule has 0 spiro atoms. The number of halogens is 4. The molecule has 1 saturated heterocycles. The predicted octanol–water partition coefficient (Wildman–Crippen LogP) is 2.56. The quantitative estimate of drug-likeness (QED) is 0.274. The second-order valence-electron chi connectivity index (χ2n) is 10.5. The molecule has 0 aliphatic carbocycles. The zero-order chi connectivity index (χ0) is 32.5. The molecule has 0 unspecified atom stereocenters. The van der Waals surface area contributed by atoms with Gasteiger partial charge in [0, 0.05) is 63.7 Å². The Labute approximate surface area is 254 Å². The van der Waals surface area contributed by atoms with Crippen LogP contribution in [0.3, 0.4) is 0 Å². The molecule has 0 radical (unpaired) electrons. The zero-order valence-electron chi connectivity index (χ0n) is 24.1. The van der Waals surface area contributed by atoms with Gasteiger partial charge in [0.05, 0.1) is 22.8 Å². The molecule has 1 aliphatic rings. The Bertz CT molecular complexity index is 1930. The van der Waals surface area contributed by atoms with E-state index in [1.807, 2.05) is 4.90 Å². The number of pyridine rings is 2. The number of alkyl halides is 3. The van der Waals surface area contributed by atoms with E-state index in [-0.39, 0.29) is 28.2 Å². The number of nitrogens with zero attached hydrogens (tertiary/aromatic N) is 6. The summed E-state index contributed by atoms with van der Waals surface area (Å²) in [5, 5.41) is 6.27. The van der Waals surface area contributed by atoms with Crippen LogP contribution in [-0.4, -0.2) is 90.9 Å². The van der Waals surface area contributed by atoms with Crippen molar-refractivity contribution in [2.45, 2.75) is 17.6 Å². The van der Waals surface area contributed by atoms with E-state index in [0.29, 0.717) is 24.5 Å². The Hall–Kier alpha value is -4.64. The number of carbonyl (C=O) groups excluding carboxylic acids is 1. The topological polar surface area (TPSA) is 142 Å². The predicted molar refractivity (Wildman–Crippen MR) is 158 cm³/mol. The van der Waals surface area contributed by atoms with Crippen LogP contribution in [0, 0.1) is 5.82 Å². The maximum atomic E-state index is 15.0. The number of hydrogen-bond donors (Lipinski definition) is 2. The highest BCUT2D eigenvalue weighted by Crippen LogP contribution is 2.27. The average Bonchev–Trinajstić information content (AvgIpc) is 2.97. The smallest absolute Gasteiger partial charge is 0.367 e. The number of fused-ring (bicyclic) bond motifs is 1. The lowest BCUT2D eigenvalue weighted by atomic mass is 10.2. The summed E-state index contributed by atoms with van der Waals surface area (Å²) in [6.45, 7) is 2.09. The lowest BCUT2D eigenvalue weighted by molar-refractivity contribution is -0.106. The van der Waals surface area contributed by atoms with E-state index in [1.165, 1.54) is 38.6 Å². The molecule has 1 aliphatic heterocycles. The third-order valence-corrected chi connectivity index (χ3v) is 8.72. The van der Waals surface area contributed by atoms with E-state index < -0.39 is 50.5 Å². The lowest BCUT2D eigenvalue weighted by Crippen LogP contribution is -2.43. The summed E-state index contributed by atoms with van der Waals surface area (Å²) in [4.78, 5) is 41.4. The van der Waals surface area contributed by atoms with Crippen LogP contribution in [-0.2, 0) is 16.4 Å². The van der Waals surface area contributed by atoms with Crippen LogP contribution >= 0.6 is 0 Å². The molecule has 5 rings (SSSR count). The second-order valence-corrected chi connectivity index (χ2v) is 12.4. The molecule has 4 heterocycles. The first-order valence-corrected chi connectivity index (χ1v) is 15.3. The van der Waals surface area contributed by atoms with Crippen LogP contribution in [0.5, 0.6) is 0 Å². The third kappa shape index (κ3) is 7.04. The second kappa shape index (κ2) is 12.4. The molecule has 0 saturated carbocycles. The van der Waals surface area contributed by atoms with Gasteiger partial charge in [0.15, 0.2) is 15.6 Å². The number of benzene rings is 1. The van der Waals surface area contributed by atoms with Crippen LogP contribution in [0.1, 0.15) is 16.1 Å². The molecule has 4 aromatic rings. The van der Waals surface area contributed by atoms with Gasteiger partial charge in [0.2, 0.25) is 5.95 Å². The fraction of sp³-hybridized carbons (Fsp3) is 0.321. The van der Waals surface area contributed by atoms with Gasteiger partial charge < -0.3 is 20.4 Å². The summed E-state index contributed by atoms with van der Waals surface area (Å²) in [5.74, 6) is -3.35. The van der Waals surface area contributed by atoms with Gasteiger partial charge in [-0.3, -0.25) is 19.1 Å². The Morgan fingerprint density at radius 1 is 1.11 bits per heavy atom. The average molecular weight is 649 g/mol. The molecule has 2 N–H and O–H groups in total. The maximum absolute atomic E-state index is 15.0. The molecule has 1 aromatic carbocycles. The molecule has 0 atom stereocenters. The number of carbonyl (C=O) groups is 1. The highest BCUT2D eigenvalue weighted by molar-refractivity contribution is 7.91. The summed E-state index contributed by atoms with van der Waals surface area (Å²) >= 11 is 0. The van der Waals surface area contributed by atoms with E-state index >= 15 is 4.39 Å². The van der Waals surface area contributed by atoms with E-state index in [2.05, 4.69) is 25.6 Å². The van der Waals surface area contributed by atoms with Crippen molar-refractivity contribution in [1.29, 1.82) is 0 Å². The molecular formula is C28H28F4N8O4S. The largest absolute Gasteiger partial charge is 0.403 e. The Morgan fingerprint density at radius 2 is 1.84 bits per heavy atom.